The second kappa shape index (κ2) is 9.56. The number of hydrogen-bond acceptors (Lipinski definition) is 4. The van der Waals surface area contributed by atoms with Gasteiger partial charge in [-0.3, -0.25) is 9.36 Å². The largest absolute Gasteiger partial charge is 0.315 e. The van der Waals surface area contributed by atoms with Crippen molar-refractivity contribution in [3.05, 3.63) is 39.9 Å². The molecule has 0 spiro atoms. The van der Waals surface area contributed by atoms with Crippen LogP contribution in [-0.4, -0.2) is 47.2 Å². The van der Waals surface area contributed by atoms with Gasteiger partial charge < -0.3 is 10.2 Å². The Kier molecular flexibility index (Phi) is 6.63. The van der Waals surface area contributed by atoms with E-state index in [-0.39, 0.29) is 11.6 Å². The molecule has 0 bridgehead atoms. The number of piperidine rings is 2. The van der Waals surface area contributed by atoms with Crippen molar-refractivity contribution < 1.29 is 0 Å². The van der Waals surface area contributed by atoms with Crippen molar-refractivity contribution in [1.29, 1.82) is 0 Å². The van der Waals surface area contributed by atoms with Gasteiger partial charge in [-0.15, -0.1) is 0 Å². The normalized spacial score (nSPS) is 20.4. The minimum atomic E-state index is 0.0550. The third-order valence-electron chi connectivity index (χ3n) is 6.19. The molecule has 1 unspecified atom stereocenters. The van der Waals surface area contributed by atoms with Gasteiger partial charge in [0.2, 0.25) is 0 Å². The number of nitrogens with one attached hydrogen (secondary N) is 1. The molecule has 3 heterocycles. The molecule has 0 radical (unpaired) electrons. The molecule has 29 heavy (non-hydrogen) atoms. The molecular formula is C24H32N4O. The summed E-state index contributed by atoms with van der Waals surface area (Å²) in [5.74, 6) is 7.38. The molecule has 5 nitrogen and oxygen atoms in total. The summed E-state index contributed by atoms with van der Waals surface area (Å²) in [6.45, 7) is 7.40. The topological polar surface area (TPSA) is 50.2 Å². The fraction of sp³-hybridized carbons (Fsp3) is 0.583. The number of fused-ring (bicyclic) bond motifs is 1. The highest BCUT2D eigenvalue weighted by atomic mass is 16.1. The summed E-state index contributed by atoms with van der Waals surface area (Å²) < 4.78 is 1.88. The molecule has 4 rings (SSSR count). The summed E-state index contributed by atoms with van der Waals surface area (Å²) in [5, 5.41) is 4.08. The summed E-state index contributed by atoms with van der Waals surface area (Å²) in [4.78, 5) is 20.7. The van der Waals surface area contributed by atoms with E-state index in [4.69, 9.17) is 4.98 Å². The fourth-order valence-electron chi connectivity index (χ4n) is 4.67. The number of rotatable bonds is 4. The Morgan fingerprint density at radius 3 is 2.86 bits per heavy atom. The molecule has 2 saturated heterocycles. The fourth-order valence-corrected chi connectivity index (χ4v) is 4.67. The van der Waals surface area contributed by atoms with E-state index >= 15 is 0 Å². The van der Waals surface area contributed by atoms with Crippen molar-refractivity contribution >= 4 is 10.9 Å². The van der Waals surface area contributed by atoms with Gasteiger partial charge in [-0.05, 0) is 77.3 Å². The van der Waals surface area contributed by atoms with Crippen LogP contribution in [0.4, 0.5) is 0 Å². The number of unbranched alkanes of at least 4 members (excludes halogenated alkanes) is 1. The van der Waals surface area contributed by atoms with Crippen LogP contribution in [0.15, 0.2) is 23.0 Å². The molecule has 5 heteroatoms. The Bertz CT molecular complexity index is 956. The number of aromatic nitrogens is 2. The van der Waals surface area contributed by atoms with E-state index in [1.165, 1.54) is 32.4 Å². The number of likely N-dealkylation sites (tertiary alicyclic amines) is 1. The first kappa shape index (κ1) is 20.1. The lowest BCUT2D eigenvalue weighted by Gasteiger charge is -2.26. The standard InChI is InChI=1S/C24H32N4O/c1-19-26-22-13-8-11-20(10-4-2-5-15-27-16-6-3-7-17-27)23(22)24(29)28(19)21-12-9-14-25-18-21/h8,11,13,21,25H,2-3,5-7,9,12,14-18H2,1H3. The smallest absolute Gasteiger partial charge is 0.262 e. The van der Waals surface area contributed by atoms with Crippen LogP contribution in [0.2, 0.25) is 0 Å². The molecule has 1 N–H and O–H groups in total. The predicted molar refractivity (Wildman–Crippen MR) is 118 cm³/mol. The van der Waals surface area contributed by atoms with Crippen molar-refractivity contribution in [2.24, 2.45) is 0 Å². The van der Waals surface area contributed by atoms with Crippen LogP contribution in [0.25, 0.3) is 10.9 Å². The maximum Gasteiger partial charge on any atom is 0.262 e. The molecule has 1 aromatic carbocycles. The average molecular weight is 393 g/mol. The van der Waals surface area contributed by atoms with Gasteiger partial charge in [0.25, 0.3) is 5.56 Å². The Labute approximate surface area is 173 Å². The summed E-state index contributed by atoms with van der Waals surface area (Å²) >= 11 is 0. The highest BCUT2D eigenvalue weighted by Gasteiger charge is 2.20. The SMILES string of the molecule is Cc1nc2cccc(C#CCCCN3CCCCC3)c2c(=O)n1C1CCCNC1. The second-order valence-electron chi connectivity index (χ2n) is 8.34. The van der Waals surface area contributed by atoms with E-state index in [0.29, 0.717) is 5.39 Å². The Morgan fingerprint density at radius 2 is 2.07 bits per heavy atom. The van der Waals surface area contributed by atoms with Gasteiger partial charge in [-0.1, -0.05) is 24.3 Å². The molecule has 2 fully saturated rings. The van der Waals surface area contributed by atoms with Crippen molar-refractivity contribution in [3.63, 3.8) is 0 Å². The summed E-state index contributed by atoms with van der Waals surface area (Å²) in [7, 11) is 0. The van der Waals surface area contributed by atoms with Gasteiger partial charge >= 0.3 is 0 Å². The number of hydrogen-bond donors (Lipinski definition) is 1. The molecule has 1 atom stereocenters. The molecule has 0 saturated carbocycles. The lowest BCUT2D eigenvalue weighted by Crippen LogP contribution is -2.38. The zero-order chi connectivity index (χ0) is 20.1. The zero-order valence-corrected chi connectivity index (χ0v) is 17.5. The van der Waals surface area contributed by atoms with E-state index < -0.39 is 0 Å². The Hall–Kier alpha value is -2.16. The monoisotopic (exact) mass is 392 g/mol. The number of aryl methyl sites for hydroxylation is 1. The van der Waals surface area contributed by atoms with Crippen LogP contribution in [0.5, 0.6) is 0 Å². The number of benzene rings is 1. The van der Waals surface area contributed by atoms with Crippen LogP contribution in [0, 0.1) is 18.8 Å². The molecule has 154 valence electrons. The van der Waals surface area contributed by atoms with Crippen molar-refractivity contribution in [3.8, 4) is 11.8 Å². The van der Waals surface area contributed by atoms with E-state index in [2.05, 4.69) is 22.1 Å². The molecular weight excluding hydrogens is 360 g/mol. The highest BCUT2D eigenvalue weighted by molar-refractivity contribution is 5.84. The lowest BCUT2D eigenvalue weighted by atomic mass is 10.1. The molecule has 2 aliphatic rings. The third kappa shape index (κ3) is 4.71. The summed E-state index contributed by atoms with van der Waals surface area (Å²) in [6.07, 6.45) is 8.10. The minimum Gasteiger partial charge on any atom is -0.315 e. The zero-order valence-electron chi connectivity index (χ0n) is 17.5. The van der Waals surface area contributed by atoms with Crippen molar-refractivity contribution in [2.45, 2.75) is 57.9 Å². The number of nitrogens with zero attached hydrogens (tertiary/aromatic N) is 3. The van der Waals surface area contributed by atoms with Crippen LogP contribution in [0.1, 0.15) is 62.4 Å². The van der Waals surface area contributed by atoms with Gasteiger partial charge in [-0.2, -0.15) is 0 Å². The van der Waals surface area contributed by atoms with Gasteiger partial charge in [0.05, 0.1) is 16.9 Å². The predicted octanol–water partition coefficient (Wildman–Crippen LogP) is 3.25. The van der Waals surface area contributed by atoms with Crippen LogP contribution in [0.3, 0.4) is 0 Å². The van der Waals surface area contributed by atoms with Crippen molar-refractivity contribution in [2.75, 3.05) is 32.7 Å². The maximum atomic E-state index is 13.4. The summed E-state index contributed by atoms with van der Waals surface area (Å²) in [5.41, 5.74) is 1.63. The van der Waals surface area contributed by atoms with E-state index in [1.54, 1.807) is 0 Å². The van der Waals surface area contributed by atoms with Crippen molar-refractivity contribution in [1.82, 2.24) is 19.8 Å². The third-order valence-corrected chi connectivity index (χ3v) is 6.19. The molecule has 0 amide bonds. The van der Waals surface area contributed by atoms with E-state index in [1.807, 2.05) is 29.7 Å². The average Bonchev–Trinajstić information content (AvgIpc) is 2.75. The first-order valence-corrected chi connectivity index (χ1v) is 11.2. The van der Waals surface area contributed by atoms with Crippen LogP contribution in [-0.2, 0) is 0 Å². The Balaban J connectivity index is 1.54. The molecule has 2 aromatic rings. The minimum absolute atomic E-state index is 0.0550. The van der Waals surface area contributed by atoms with Crippen LogP contribution >= 0.6 is 0 Å². The van der Waals surface area contributed by atoms with Gasteiger partial charge in [-0.25, -0.2) is 4.98 Å². The van der Waals surface area contributed by atoms with E-state index in [9.17, 15) is 4.79 Å². The quantitative estimate of drug-likeness (QED) is 0.641. The summed E-state index contributed by atoms with van der Waals surface area (Å²) in [6, 6.07) is 6.02. The van der Waals surface area contributed by atoms with Crippen LogP contribution < -0.4 is 10.9 Å². The molecule has 1 aromatic heterocycles. The first-order valence-electron chi connectivity index (χ1n) is 11.2. The lowest BCUT2D eigenvalue weighted by molar-refractivity contribution is 0.227. The highest BCUT2D eigenvalue weighted by Crippen LogP contribution is 2.19. The Morgan fingerprint density at radius 1 is 1.21 bits per heavy atom. The van der Waals surface area contributed by atoms with Gasteiger partial charge in [0.15, 0.2) is 0 Å². The second-order valence-corrected chi connectivity index (χ2v) is 8.34. The van der Waals surface area contributed by atoms with Gasteiger partial charge in [0.1, 0.15) is 5.82 Å². The van der Waals surface area contributed by atoms with Gasteiger partial charge in [0, 0.05) is 18.5 Å². The first-order chi connectivity index (χ1) is 14.2. The maximum absolute atomic E-state index is 13.4. The van der Waals surface area contributed by atoms with E-state index in [0.717, 1.165) is 62.2 Å². The molecule has 2 aliphatic heterocycles. The molecule has 0 aliphatic carbocycles.